The molecular weight excluding hydrogens is 482 g/mol. The van der Waals surface area contributed by atoms with E-state index in [1.54, 1.807) is 0 Å². The van der Waals surface area contributed by atoms with Crippen LogP contribution in [0, 0.1) is 0 Å². The molecule has 148 valence electrons. The second-order valence-electron chi connectivity index (χ2n) is 7.80. The molecule has 0 radical (unpaired) electrons. The van der Waals surface area contributed by atoms with Gasteiger partial charge in [0.25, 0.3) is 0 Å². The number of hydrogen-bond donors (Lipinski definition) is 2. The summed E-state index contributed by atoms with van der Waals surface area (Å²) in [4.78, 5) is 4.44. The molecule has 4 nitrogen and oxygen atoms in total. The van der Waals surface area contributed by atoms with E-state index in [0.29, 0.717) is 13.1 Å². The van der Waals surface area contributed by atoms with E-state index in [1.165, 1.54) is 11.3 Å². The van der Waals surface area contributed by atoms with Crippen molar-refractivity contribution in [1.29, 1.82) is 0 Å². The highest BCUT2D eigenvalue weighted by Gasteiger charge is 2.47. The molecule has 0 saturated heterocycles. The SMILES string of the molecule is CN1C=CC=CC1NCC(O)CN1c2ccc(Br)cc2C2C=C(Br)C=CC21C. The molecule has 1 aliphatic carbocycles. The molecular formula is C22H25Br2N3O. The first-order chi connectivity index (χ1) is 13.4. The number of benzene rings is 1. The van der Waals surface area contributed by atoms with E-state index in [4.69, 9.17) is 0 Å². The molecule has 0 aromatic heterocycles. The van der Waals surface area contributed by atoms with E-state index < -0.39 is 6.10 Å². The van der Waals surface area contributed by atoms with Crippen LogP contribution in [0.2, 0.25) is 0 Å². The van der Waals surface area contributed by atoms with E-state index >= 15 is 0 Å². The molecule has 6 heteroatoms. The smallest absolute Gasteiger partial charge is 0.0982 e. The van der Waals surface area contributed by atoms with Gasteiger partial charge in [-0.05, 0) is 48.9 Å². The number of anilines is 1. The molecule has 0 bridgehead atoms. The molecule has 3 aliphatic rings. The van der Waals surface area contributed by atoms with Gasteiger partial charge in [0.1, 0.15) is 0 Å². The molecule has 0 saturated carbocycles. The maximum absolute atomic E-state index is 10.8. The van der Waals surface area contributed by atoms with Gasteiger partial charge in [0, 0.05) is 46.9 Å². The van der Waals surface area contributed by atoms with Crippen LogP contribution in [0.5, 0.6) is 0 Å². The van der Waals surface area contributed by atoms with Crippen LogP contribution < -0.4 is 10.2 Å². The van der Waals surface area contributed by atoms with Crippen molar-refractivity contribution in [1.82, 2.24) is 10.2 Å². The molecule has 2 heterocycles. The molecule has 2 aliphatic heterocycles. The molecule has 2 N–H and O–H groups in total. The van der Waals surface area contributed by atoms with Crippen LogP contribution in [0.25, 0.3) is 0 Å². The normalized spacial score (nSPS) is 29.0. The fourth-order valence-electron chi connectivity index (χ4n) is 4.30. The van der Waals surface area contributed by atoms with Gasteiger partial charge in [-0.3, -0.25) is 5.32 Å². The lowest BCUT2D eigenvalue weighted by Gasteiger charge is -2.41. The lowest BCUT2D eigenvalue weighted by atomic mass is 9.80. The Labute approximate surface area is 183 Å². The fourth-order valence-corrected chi connectivity index (χ4v) is 5.08. The molecule has 0 spiro atoms. The number of aliphatic hydroxyl groups excluding tert-OH is 1. The highest BCUT2D eigenvalue weighted by atomic mass is 79.9. The van der Waals surface area contributed by atoms with Gasteiger partial charge >= 0.3 is 0 Å². The molecule has 1 aromatic rings. The van der Waals surface area contributed by atoms with Crippen LogP contribution in [-0.4, -0.2) is 48.0 Å². The lowest BCUT2D eigenvalue weighted by Crippen LogP contribution is -2.51. The van der Waals surface area contributed by atoms with Gasteiger partial charge < -0.3 is 14.9 Å². The van der Waals surface area contributed by atoms with Crippen LogP contribution in [0.3, 0.4) is 0 Å². The van der Waals surface area contributed by atoms with E-state index in [-0.39, 0.29) is 17.6 Å². The van der Waals surface area contributed by atoms with Gasteiger partial charge in [0.05, 0.1) is 17.8 Å². The van der Waals surface area contributed by atoms with Crippen molar-refractivity contribution in [2.45, 2.75) is 30.7 Å². The predicted molar refractivity (Wildman–Crippen MR) is 123 cm³/mol. The van der Waals surface area contributed by atoms with Gasteiger partial charge in [0.15, 0.2) is 0 Å². The molecule has 0 fully saturated rings. The number of hydrogen-bond acceptors (Lipinski definition) is 4. The summed E-state index contributed by atoms with van der Waals surface area (Å²) in [6.07, 6.45) is 14.4. The third kappa shape index (κ3) is 3.63. The molecule has 4 atom stereocenters. The zero-order valence-corrected chi connectivity index (χ0v) is 19.2. The van der Waals surface area contributed by atoms with Crippen LogP contribution in [0.1, 0.15) is 18.4 Å². The number of likely N-dealkylation sites (N-methyl/N-ethyl adjacent to an activating group) is 1. The van der Waals surface area contributed by atoms with Crippen molar-refractivity contribution in [3.8, 4) is 0 Å². The summed E-state index contributed by atoms with van der Waals surface area (Å²) in [5, 5.41) is 14.3. The van der Waals surface area contributed by atoms with E-state index in [2.05, 4.69) is 96.4 Å². The number of β-amino-alcohol motifs (C(OH)–C–C–N with tert-alkyl or cyclic N) is 1. The Morgan fingerprint density at radius 1 is 1.29 bits per heavy atom. The number of fused-ring (bicyclic) bond motifs is 3. The van der Waals surface area contributed by atoms with Gasteiger partial charge in [-0.1, -0.05) is 50.1 Å². The van der Waals surface area contributed by atoms with E-state index in [9.17, 15) is 5.11 Å². The minimum Gasteiger partial charge on any atom is -0.390 e. The number of aliphatic hydroxyl groups is 1. The summed E-state index contributed by atoms with van der Waals surface area (Å²) in [5.41, 5.74) is 2.29. The number of rotatable bonds is 5. The van der Waals surface area contributed by atoms with E-state index in [0.717, 1.165) is 8.96 Å². The minimum atomic E-state index is -0.484. The molecule has 4 rings (SSSR count). The lowest BCUT2D eigenvalue weighted by molar-refractivity contribution is 0.159. The Bertz CT molecular complexity index is 879. The number of allylic oxidation sites excluding steroid dienone is 4. The molecule has 1 aromatic carbocycles. The maximum atomic E-state index is 10.8. The highest BCUT2D eigenvalue weighted by molar-refractivity contribution is 9.12. The van der Waals surface area contributed by atoms with Crippen molar-refractivity contribution < 1.29 is 5.11 Å². The zero-order chi connectivity index (χ0) is 19.9. The van der Waals surface area contributed by atoms with Crippen LogP contribution in [0.4, 0.5) is 5.69 Å². The van der Waals surface area contributed by atoms with Crippen molar-refractivity contribution >= 4 is 37.5 Å². The van der Waals surface area contributed by atoms with Crippen molar-refractivity contribution in [3.63, 3.8) is 0 Å². The Kier molecular flexibility index (Phi) is 5.58. The Morgan fingerprint density at radius 3 is 2.89 bits per heavy atom. The Hall–Kier alpha value is -1.34. The standard InChI is InChI=1S/C22H25Br2N3O/c1-22-9-8-16(24)12-19(22)18-11-15(23)6-7-20(18)27(22)14-17(28)13-25-21-5-3-4-10-26(21)2/h3-12,17,19,21,25,28H,13-14H2,1-2H3. The van der Waals surface area contributed by atoms with Gasteiger partial charge in [-0.25, -0.2) is 0 Å². The van der Waals surface area contributed by atoms with Gasteiger partial charge in [-0.2, -0.15) is 0 Å². The topological polar surface area (TPSA) is 38.7 Å². The highest BCUT2D eigenvalue weighted by Crippen LogP contribution is 2.52. The first-order valence-corrected chi connectivity index (χ1v) is 11.1. The first-order valence-electron chi connectivity index (χ1n) is 9.50. The van der Waals surface area contributed by atoms with Crippen molar-refractivity contribution in [3.05, 3.63) is 75.4 Å². The summed E-state index contributed by atoms with van der Waals surface area (Å²) < 4.78 is 2.18. The average Bonchev–Trinajstić information content (AvgIpc) is 2.89. The second-order valence-corrected chi connectivity index (χ2v) is 9.63. The predicted octanol–water partition coefficient (Wildman–Crippen LogP) is 4.25. The Balaban J connectivity index is 1.53. The third-order valence-electron chi connectivity index (χ3n) is 5.85. The van der Waals surface area contributed by atoms with Crippen LogP contribution in [0.15, 0.2) is 69.8 Å². The zero-order valence-electron chi connectivity index (χ0n) is 16.0. The summed E-state index contributed by atoms with van der Waals surface area (Å²) in [5.74, 6) is 0.247. The monoisotopic (exact) mass is 505 g/mol. The van der Waals surface area contributed by atoms with Crippen LogP contribution >= 0.6 is 31.9 Å². The fraction of sp³-hybridized carbons (Fsp3) is 0.364. The summed E-state index contributed by atoms with van der Waals surface area (Å²) >= 11 is 7.25. The number of nitrogens with zero attached hydrogens (tertiary/aromatic N) is 2. The number of halogens is 2. The van der Waals surface area contributed by atoms with Crippen LogP contribution in [-0.2, 0) is 0 Å². The maximum Gasteiger partial charge on any atom is 0.0982 e. The molecule has 0 amide bonds. The van der Waals surface area contributed by atoms with Crippen molar-refractivity contribution in [2.75, 3.05) is 25.0 Å². The minimum absolute atomic E-state index is 0.110. The number of nitrogens with one attached hydrogen (secondary N) is 1. The van der Waals surface area contributed by atoms with Gasteiger partial charge in [0.2, 0.25) is 0 Å². The summed E-state index contributed by atoms with van der Waals surface area (Å²) in [6.45, 7) is 3.35. The summed E-state index contributed by atoms with van der Waals surface area (Å²) in [6, 6.07) is 6.43. The quantitative estimate of drug-likeness (QED) is 0.626. The van der Waals surface area contributed by atoms with Gasteiger partial charge in [-0.15, -0.1) is 0 Å². The second kappa shape index (κ2) is 7.82. The molecule has 4 unspecified atom stereocenters. The molecule has 28 heavy (non-hydrogen) atoms. The first kappa shape index (κ1) is 20.0. The largest absolute Gasteiger partial charge is 0.390 e. The summed E-state index contributed by atoms with van der Waals surface area (Å²) in [7, 11) is 2.03. The average molecular weight is 507 g/mol. The Morgan fingerprint density at radius 2 is 2.11 bits per heavy atom. The third-order valence-corrected chi connectivity index (χ3v) is 6.87. The van der Waals surface area contributed by atoms with E-state index in [1.807, 2.05) is 25.4 Å². The van der Waals surface area contributed by atoms with Crippen molar-refractivity contribution in [2.24, 2.45) is 0 Å².